The third-order valence-corrected chi connectivity index (χ3v) is 2.91. The van der Waals surface area contributed by atoms with E-state index in [1.54, 1.807) is 6.07 Å². The van der Waals surface area contributed by atoms with Gasteiger partial charge in [0.05, 0.1) is 0 Å². The number of hydrogen-bond donors (Lipinski definition) is 1. The maximum atomic E-state index is 13.7. The normalized spacial score (nSPS) is 11.2. The molecule has 0 aliphatic rings. The second-order valence-corrected chi connectivity index (χ2v) is 4.84. The highest BCUT2D eigenvalue weighted by Gasteiger charge is 2.06. The lowest BCUT2D eigenvalue weighted by Gasteiger charge is -2.16. The van der Waals surface area contributed by atoms with Crippen LogP contribution in [0, 0.1) is 5.82 Å². The minimum atomic E-state index is -0.0998. The third kappa shape index (κ3) is 5.15. The van der Waals surface area contributed by atoms with Crippen LogP contribution in [-0.2, 0) is 13.1 Å². The number of halogens is 1. The van der Waals surface area contributed by atoms with Crippen molar-refractivity contribution < 1.29 is 4.39 Å². The van der Waals surface area contributed by atoms with Gasteiger partial charge >= 0.3 is 0 Å². The lowest BCUT2D eigenvalue weighted by atomic mass is 10.1. The molecule has 0 unspecified atom stereocenters. The van der Waals surface area contributed by atoms with E-state index in [9.17, 15) is 4.39 Å². The van der Waals surface area contributed by atoms with E-state index in [2.05, 4.69) is 24.1 Å². The van der Waals surface area contributed by atoms with Gasteiger partial charge in [-0.1, -0.05) is 26.0 Å². The molecule has 102 valence electrons. The van der Waals surface area contributed by atoms with Crippen molar-refractivity contribution in [3.8, 4) is 0 Å². The van der Waals surface area contributed by atoms with Crippen LogP contribution in [0.15, 0.2) is 18.2 Å². The van der Waals surface area contributed by atoms with Crippen LogP contribution in [-0.4, -0.2) is 25.0 Å². The Balaban J connectivity index is 2.62. The van der Waals surface area contributed by atoms with Crippen LogP contribution in [0.1, 0.15) is 37.8 Å². The van der Waals surface area contributed by atoms with Gasteiger partial charge in [-0.2, -0.15) is 0 Å². The van der Waals surface area contributed by atoms with Crippen molar-refractivity contribution in [2.24, 2.45) is 0 Å². The number of nitrogens with zero attached hydrogens (tertiary/aromatic N) is 1. The van der Waals surface area contributed by atoms with E-state index >= 15 is 0 Å². The van der Waals surface area contributed by atoms with Gasteiger partial charge in [-0.25, -0.2) is 4.39 Å². The zero-order valence-corrected chi connectivity index (χ0v) is 11.8. The first-order chi connectivity index (χ1) is 8.67. The SMILES string of the molecule is CCCNCc1ccc(F)c(CN(C)CCC)c1. The quantitative estimate of drug-likeness (QED) is 0.715. The van der Waals surface area contributed by atoms with Crippen molar-refractivity contribution in [2.45, 2.75) is 39.8 Å². The second-order valence-electron chi connectivity index (χ2n) is 4.84. The first-order valence-corrected chi connectivity index (χ1v) is 6.84. The second kappa shape index (κ2) is 8.22. The van der Waals surface area contributed by atoms with E-state index in [4.69, 9.17) is 0 Å². The van der Waals surface area contributed by atoms with Crippen LogP contribution in [0.4, 0.5) is 4.39 Å². The summed E-state index contributed by atoms with van der Waals surface area (Å²) in [6.07, 6.45) is 2.21. The smallest absolute Gasteiger partial charge is 0.127 e. The number of nitrogens with one attached hydrogen (secondary N) is 1. The summed E-state index contributed by atoms with van der Waals surface area (Å²) in [4.78, 5) is 2.15. The topological polar surface area (TPSA) is 15.3 Å². The summed E-state index contributed by atoms with van der Waals surface area (Å²) in [5, 5.41) is 3.34. The van der Waals surface area contributed by atoms with Crippen molar-refractivity contribution in [3.05, 3.63) is 35.1 Å². The molecule has 0 heterocycles. The summed E-state index contributed by atoms with van der Waals surface area (Å²) in [5.41, 5.74) is 1.95. The monoisotopic (exact) mass is 252 g/mol. The van der Waals surface area contributed by atoms with Crippen molar-refractivity contribution in [1.29, 1.82) is 0 Å². The van der Waals surface area contributed by atoms with Crippen molar-refractivity contribution >= 4 is 0 Å². The molecule has 1 N–H and O–H groups in total. The van der Waals surface area contributed by atoms with Crippen molar-refractivity contribution in [1.82, 2.24) is 10.2 Å². The zero-order valence-electron chi connectivity index (χ0n) is 11.8. The Bertz CT molecular complexity index is 352. The van der Waals surface area contributed by atoms with Crippen LogP contribution in [0.3, 0.4) is 0 Å². The van der Waals surface area contributed by atoms with E-state index < -0.39 is 0 Å². The predicted octanol–water partition coefficient (Wildman–Crippen LogP) is 3.17. The van der Waals surface area contributed by atoms with Gasteiger partial charge in [-0.3, -0.25) is 0 Å². The molecular weight excluding hydrogens is 227 g/mol. The molecule has 0 radical (unpaired) electrons. The van der Waals surface area contributed by atoms with E-state index in [-0.39, 0.29) is 5.82 Å². The molecule has 0 spiro atoms. The van der Waals surface area contributed by atoms with Gasteiger partial charge in [0.2, 0.25) is 0 Å². The highest BCUT2D eigenvalue weighted by atomic mass is 19.1. The molecule has 3 heteroatoms. The van der Waals surface area contributed by atoms with Crippen LogP contribution < -0.4 is 5.32 Å². The molecule has 2 nitrogen and oxygen atoms in total. The predicted molar refractivity (Wildman–Crippen MR) is 75.0 cm³/mol. The Morgan fingerprint density at radius 3 is 2.67 bits per heavy atom. The van der Waals surface area contributed by atoms with Gasteiger partial charge in [0.25, 0.3) is 0 Å². The first kappa shape index (κ1) is 15.1. The fourth-order valence-electron chi connectivity index (χ4n) is 2.02. The zero-order chi connectivity index (χ0) is 13.4. The van der Waals surface area contributed by atoms with Gasteiger partial charge in [-0.15, -0.1) is 0 Å². The number of hydrogen-bond acceptors (Lipinski definition) is 2. The van der Waals surface area contributed by atoms with Crippen molar-refractivity contribution in [3.63, 3.8) is 0 Å². The molecule has 0 saturated heterocycles. The fraction of sp³-hybridized carbons (Fsp3) is 0.600. The van der Waals surface area contributed by atoms with Gasteiger partial charge in [0.1, 0.15) is 5.82 Å². The van der Waals surface area contributed by atoms with Crippen LogP contribution in [0.5, 0.6) is 0 Å². The van der Waals surface area contributed by atoms with E-state index in [1.165, 1.54) is 0 Å². The van der Waals surface area contributed by atoms with E-state index in [1.807, 2.05) is 19.2 Å². The molecule has 1 rings (SSSR count). The average molecular weight is 252 g/mol. The highest BCUT2D eigenvalue weighted by Crippen LogP contribution is 2.13. The molecule has 0 aliphatic heterocycles. The molecule has 0 aromatic heterocycles. The Hall–Kier alpha value is -0.930. The van der Waals surface area contributed by atoms with E-state index in [0.29, 0.717) is 6.54 Å². The summed E-state index contributed by atoms with van der Waals surface area (Å²) in [6.45, 7) is 7.78. The molecular formula is C15H25FN2. The number of benzene rings is 1. The van der Waals surface area contributed by atoms with Crippen molar-refractivity contribution in [2.75, 3.05) is 20.1 Å². The fourth-order valence-corrected chi connectivity index (χ4v) is 2.02. The Labute approximate surface area is 110 Å². The lowest BCUT2D eigenvalue weighted by molar-refractivity contribution is 0.322. The molecule has 0 amide bonds. The Kier molecular flexibility index (Phi) is 6.91. The summed E-state index contributed by atoms with van der Waals surface area (Å²) in [6, 6.07) is 5.42. The standard InChI is InChI=1S/C15H25FN2/c1-4-8-17-11-13-6-7-15(16)14(10-13)12-18(3)9-5-2/h6-7,10,17H,4-5,8-9,11-12H2,1-3H3. The maximum absolute atomic E-state index is 13.7. The van der Waals surface area contributed by atoms with Gasteiger partial charge in [0.15, 0.2) is 0 Å². The summed E-state index contributed by atoms with van der Waals surface area (Å²) in [7, 11) is 2.03. The maximum Gasteiger partial charge on any atom is 0.127 e. The van der Waals surface area contributed by atoms with Crippen LogP contribution in [0.2, 0.25) is 0 Å². The number of rotatable bonds is 8. The largest absolute Gasteiger partial charge is 0.313 e. The summed E-state index contributed by atoms with van der Waals surface area (Å²) in [5.74, 6) is -0.0998. The molecule has 1 aromatic carbocycles. The van der Waals surface area contributed by atoms with Crippen LogP contribution >= 0.6 is 0 Å². The highest BCUT2D eigenvalue weighted by molar-refractivity contribution is 5.25. The lowest BCUT2D eigenvalue weighted by Crippen LogP contribution is -2.20. The molecule has 18 heavy (non-hydrogen) atoms. The molecule has 0 bridgehead atoms. The van der Waals surface area contributed by atoms with E-state index in [0.717, 1.165) is 43.6 Å². The Morgan fingerprint density at radius 2 is 2.00 bits per heavy atom. The van der Waals surface area contributed by atoms with Gasteiger partial charge in [-0.05, 0) is 44.6 Å². The molecule has 0 aliphatic carbocycles. The Morgan fingerprint density at radius 1 is 1.22 bits per heavy atom. The minimum Gasteiger partial charge on any atom is -0.313 e. The molecule has 0 atom stereocenters. The molecule has 0 fully saturated rings. The molecule has 1 aromatic rings. The molecule has 0 saturated carbocycles. The third-order valence-electron chi connectivity index (χ3n) is 2.91. The average Bonchev–Trinajstić information content (AvgIpc) is 2.34. The minimum absolute atomic E-state index is 0.0998. The summed E-state index contributed by atoms with van der Waals surface area (Å²) >= 11 is 0. The summed E-state index contributed by atoms with van der Waals surface area (Å²) < 4.78 is 13.7. The van der Waals surface area contributed by atoms with Crippen LogP contribution in [0.25, 0.3) is 0 Å². The van der Waals surface area contributed by atoms with Gasteiger partial charge < -0.3 is 10.2 Å². The first-order valence-electron chi connectivity index (χ1n) is 6.84. The van der Waals surface area contributed by atoms with Gasteiger partial charge in [0, 0.05) is 18.7 Å².